The van der Waals surface area contributed by atoms with Gasteiger partial charge < -0.3 is 9.30 Å². The molecule has 3 rings (SSSR count). The number of fused-ring (bicyclic) bond motifs is 1. The van der Waals surface area contributed by atoms with Crippen molar-refractivity contribution in [3.05, 3.63) is 23.0 Å². The summed E-state index contributed by atoms with van der Waals surface area (Å²) >= 11 is 1.15. The fourth-order valence-electron chi connectivity index (χ4n) is 3.34. The number of sulfonamides is 1. The maximum atomic E-state index is 12.6. The van der Waals surface area contributed by atoms with Gasteiger partial charge in [-0.25, -0.2) is 13.6 Å². The van der Waals surface area contributed by atoms with Gasteiger partial charge in [0.1, 0.15) is 6.54 Å². The average Bonchev–Trinajstić information content (AvgIpc) is 2.98. The molecule has 8 nitrogen and oxygen atoms in total. The third-order valence-electron chi connectivity index (χ3n) is 4.74. The molecule has 1 saturated carbocycles. The van der Waals surface area contributed by atoms with E-state index in [1.165, 1.54) is 12.1 Å². The van der Waals surface area contributed by atoms with E-state index >= 15 is 0 Å². The zero-order valence-electron chi connectivity index (χ0n) is 15.6. The Kier molecular flexibility index (Phi) is 6.31. The Morgan fingerprint density at radius 2 is 2.00 bits per heavy atom. The summed E-state index contributed by atoms with van der Waals surface area (Å²) in [6.45, 7) is 1.84. The Bertz CT molecular complexity index is 1060. The number of benzene rings is 1. The van der Waals surface area contributed by atoms with Gasteiger partial charge in [0.05, 0.1) is 21.7 Å². The highest BCUT2D eigenvalue weighted by atomic mass is 32.2. The molecular formula is C18H23N3O5S2. The normalized spacial score (nSPS) is 16.4. The molecule has 0 spiro atoms. The fourth-order valence-corrected chi connectivity index (χ4v) is 5.03. The van der Waals surface area contributed by atoms with Gasteiger partial charge in [0.15, 0.2) is 4.80 Å². The predicted molar refractivity (Wildman–Crippen MR) is 105 cm³/mol. The monoisotopic (exact) mass is 425 g/mol. The molecule has 0 bridgehead atoms. The van der Waals surface area contributed by atoms with Crippen molar-refractivity contribution < 1.29 is 22.7 Å². The van der Waals surface area contributed by atoms with Crippen molar-refractivity contribution in [3.63, 3.8) is 0 Å². The number of esters is 1. The minimum Gasteiger partial charge on any atom is -0.465 e. The Morgan fingerprint density at radius 3 is 2.64 bits per heavy atom. The first kappa shape index (κ1) is 20.7. The summed E-state index contributed by atoms with van der Waals surface area (Å²) < 4.78 is 30.5. The molecule has 1 heterocycles. The molecule has 1 fully saturated rings. The zero-order chi connectivity index (χ0) is 20.3. The van der Waals surface area contributed by atoms with Crippen molar-refractivity contribution in [1.29, 1.82) is 0 Å². The number of hydrogen-bond acceptors (Lipinski definition) is 6. The standard InChI is InChI=1S/C18H23N3O5S2/c1-2-26-16(22)11-21-14-9-8-13(28(19,24)25)10-15(14)27-18(21)20-17(23)12-6-4-3-5-7-12/h8-10,12H,2-7,11H2,1H3,(H2,19,24,25). The number of hydrogen-bond donors (Lipinski definition) is 1. The molecule has 1 aromatic carbocycles. The first-order valence-electron chi connectivity index (χ1n) is 9.20. The Hall–Kier alpha value is -2.04. The predicted octanol–water partition coefficient (Wildman–Crippen LogP) is 1.92. The number of carbonyl (C=O) groups is 2. The molecule has 0 aliphatic heterocycles. The molecule has 0 saturated heterocycles. The molecule has 2 aromatic rings. The number of amides is 1. The second-order valence-electron chi connectivity index (χ2n) is 6.74. The third-order valence-corrected chi connectivity index (χ3v) is 6.69. The third kappa shape index (κ3) is 4.68. The van der Waals surface area contributed by atoms with Crippen LogP contribution >= 0.6 is 11.3 Å². The number of ether oxygens (including phenoxy) is 1. The molecular weight excluding hydrogens is 402 g/mol. The quantitative estimate of drug-likeness (QED) is 0.734. The largest absolute Gasteiger partial charge is 0.465 e. The van der Waals surface area contributed by atoms with Crippen LogP contribution < -0.4 is 9.94 Å². The molecule has 152 valence electrons. The number of aromatic nitrogens is 1. The number of nitrogens with two attached hydrogens (primary N) is 1. The van der Waals surface area contributed by atoms with Gasteiger partial charge in [-0.3, -0.25) is 9.59 Å². The van der Waals surface area contributed by atoms with Crippen molar-refractivity contribution >= 4 is 43.5 Å². The SMILES string of the molecule is CCOC(=O)Cn1c(=NC(=O)C2CCCCC2)sc2cc(S(N)(=O)=O)ccc21. The minimum atomic E-state index is -3.86. The Balaban J connectivity index is 2.08. The lowest BCUT2D eigenvalue weighted by molar-refractivity contribution is -0.143. The van der Waals surface area contributed by atoms with Crippen LogP contribution in [0.1, 0.15) is 39.0 Å². The molecule has 2 N–H and O–H groups in total. The second kappa shape index (κ2) is 8.54. The van der Waals surface area contributed by atoms with Gasteiger partial charge in [-0.05, 0) is 38.0 Å². The molecule has 28 heavy (non-hydrogen) atoms. The van der Waals surface area contributed by atoms with Crippen LogP contribution in [0.5, 0.6) is 0 Å². The highest BCUT2D eigenvalue weighted by Crippen LogP contribution is 2.25. The Morgan fingerprint density at radius 1 is 1.29 bits per heavy atom. The number of carbonyl (C=O) groups excluding carboxylic acids is 2. The van der Waals surface area contributed by atoms with Crippen LogP contribution in [0.25, 0.3) is 10.2 Å². The Labute approximate surface area is 167 Å². The van der Waals surface area contributed by atoms with Crippen LogP contribution in [0.15, 0.2) is 28.1 Å². The van der Waals surface area contributed by atoms with Gasteiger partial charge in [-0.1, -0.05) is 30.6 Å². The molecule has 0 unspecified atom stereocenters. The maximum Gasteiger partial charge on any atom is 0.326 e. The van der Waals surface area contributed by atoms with Crippen LogP contribution in [-0.4, -0.2) is 31.5 Å². The lowest BCUT2D eigenvalue weighted by Crippen LogP contribution is -2.25. The first-order chi connectivity index (χ1) is 13.3. The smallest absolute Gasteiger partial charge is 0.326 e. The summed E-state index contributed by atoms with van der Waals surface area (Å²) in [5.41, 5.74) is 0.598. The number of primary sulfonamides is 1. The number of rotatable bonds is 5. The molecule has 1 aromatic heterocycles. The highest BCUT2D eigenvalue weighted by Gasteiger charge is 2.22. The van der Waals surface area contributed by atoms with E-state index < -0.39 is 16.0 Å². The molecule has 0 atom stereocenters. The fraction of sp³-hybridized carbons (Fsp3) is 0.500. The summed E-state index contributed by atoms with van der Waals surface area (Å²) in [6, 6.07) is 4.37. The van der Waals surface area contributed by atoms with Crippen LogP contribution in [0.3, 0.4) is 0 Å². The lowest BCUT2D eigenvalue weighted by atomic mass is 9.89. The van der Waals surface area contributed by atoms with Gasteiger partial charge in [-0.2, -0.15) is 4.99 Å². The van der Waals surface area contributed by atoms with E-state index in [0.717, 1.165) is 43.4 Å². The summed E-state index contributed by atoms with van der Waals surface area (Å²) in [7, 11) is -3.86. The summed E-state index contributed by atoms with van der Waals surface area (Å²) in [5.74, 6) is -0.755. The van der Waals surface area contributed by atoms with Crippen molar-refractivity contribution in [2.24, 2.45) is 16.0 Å². The number of thiazole rings is 1. The van der Waals surface area contributed by atoms with Crippen LogP contribution in [-0.2, 0) is 30.9 Å². The van der Waals surface area contributed by atoms with Crippen molar-refractivity contribution in [2.45, 2.75) is 50.5 Å². The second-order valence-corrected chi connectivity index (χ2v) is 9.31. The van der Waals surface area contributed by atoms with Crippen LogP contribution in [0.4, 0.5) is 0 Å². The summed E-state index contributed by atoms with van der Waals surface area (Å²) in [4.78, 5) is 29.3. The molecule has 0 radical (unpaired) electrons. The van der Waals surface area contributed by atoms with Crippen molar-refractivity contribution in [2.75, 3.05) is 6.61 Å². The summed E-state index contributed by atoms with van der Waals surface area (Å²) in [5, 5.41) is 5.21. The van der Waals surface area contributed by atoms with E-state index in [1.54, 1.807) is 17.6 Å². The van der Waals surface area contributed by atoms with Crippen LogP contribution in [0.2, 0.25) is 0 Å². The topological polar surface area (TPSA) is 121 Å². The van der Waals surface area contributed by atoms with Crippen molar-refractivity contribution in [1.82, 2.24) is 4.57 Å². The number of nitrogens with zero attached hydrogens (tertiary/aromatic N) is 2. The van der Waals surface area contributed by atoms with Gasteiger partial charge in [-0.15, -0.1) is 0 Å². The van der Waals surface area contributed by atoms with E-state index in [0.29, 0.717) is 15.0 Å². The van der Waals surface area contributed by atoms with Gasteiger partial charge in [0.25, 0.3) is 5.91 Å². The van der Waals surface area contributed by atoms with Gasteiger partial charge >= 0.3 is 5.97 Å². The van der Waals surface area contributed by atoms with E-state index in [2.05, 4.69) is 4.99 Å². The molecule has 1 aliphatic rings. The molecule has 1 aliphatic carbocycles. The zero-order valence-corrected chi connectivity index (χ0v) is 17.2. The highest BCUT2D eigenvalue weighted by molar-refractivity contribution is 7.89. The van der Waals surface area contributed by atoms with E-state index in [1.807, 2.05) is 0 Å². The maximum absolute atomic E-state index is 12.6. The average molecular weight is 426 g/mol. The lowest BCUT2D eigenvalue weighted by Gasteiger charge is -2.17. The van der Waals surface area contributed by atoms with E-state index in [9.17, 15) is 18.0 Å². The molecule has 1 amide bonds. The van der Waals surface area contributed by atoms with E-state index in [4.69, 9.17) is 9.88 Å². The van der Waals surface area contributed by atoms with Gasteiger partial charge in [0, 0.05) is 5.92 Å². The van der Waals surface area contributed by atoms with Crippen LogP contribution in [0, 0.1) is 5.92 Å². The van der Waals surface area contributed by atoms with E-state index in [-0.39, 0.29) is 29.9 Å². The summed E-state index contributed by atoms with van der Waals surface area (Å²) in [6.07, 6.45) is 4.80. The van der Waals surface area contributed by atoms with Gasteiger partial charge in [0.2, 0.25) is 10.0 Å². The minimum absolute atomic E-state index is 0.0327. The first-order valence-corrected chi connectivity index (χ1v) is 11.6. The molecule has 10 heteroatoms. The van der Waals surface area contributed by atoms with Crippen molar-refractivity contribution in [3.8, 4) is 0 Å².